The number of rotatable bonds is 3. The molecule has 0 heterocycles. The van der Waals surface area contributed by atoms with E-state index >= 15 is 0 Å². The van der Waals surface area contributed by atoms with Crippen LogP contribution in [0.25, 0.3) is 0 Å². The van der Waals surface area contributed by atoms with Crippen molar-refractivity contribution in [3.63, 3.8) is 0 Å². The highest BCUT2D eigenvalue weighted by atomic mass is 16.3. The summed E-state index contributed by atoms with van der Waals surface area (Å²) in [6.45, 7) is 3.21. The first-order valence-corrected chi connectivity index (χ1v) is 3.63. The van der Waals surface area contributed by atoms with Crippen LogP contribution < -0.4 is 0 Å². The average molecular weight is 164 g/mol. The Kier molecular flexibility index (Phi) is 12.0. The van der Waals surface area contributed by atoms with E-state index in [0.29, 0.717) is 0 Å². The van der Waals surface area contributed by atoms with Crippen LogP contribution in [0.4, 0.5) is 0 Å². The van der Waals surface area contributed by atoms with E-state index in [9.17, 15) is 0 Å². The summed E-state index contributed by atoms with van der Waals surface area (Å²) in [4.78, 5) is 3.49. The quantitative estimate of drug-likeness (QED) is 0.546. The molecule has 0 fully saturated rings. The van der Waals surface area contributed by atoms with Crippen LogP contribution >= 0.6 is 0 Å². The third-order valence-electron chi connectivity index (χ3n) is 1.06. The lowest BCUT2D eigenvalue weighted by Crippen LogP contribution is -2.17. The molecule has 11 heavy (non-hydrogen) atoms. The van der Waals surface area contributed by atoms with Crippen molar-refractivity contribution in [2.45, 2.75) is 6.92 Å². The van der Waals surface area contributed by atoms with Crippen LogP contribution in [0.5, 0.6) is 0 Å². The van der Waals surface area contributed by atoms with Crippen molar-refractivity contribution in [2.75, 3.05) is 41.1 Å². The molecular formula is C7H20N2O2. The molecule has 0 saturated heterocycles. The summed E-state index contributed by atoms with van der Waals surface area (Å²) in [5.74, 6) is 0. The highest BCUT2D eigenvalue weighted by molar-refractivity contribution is 4.30. The van der Waals surface area contributed by atoms with Gasteiger partial charge < -0.3 is 10.2 Å². The van der Waals surface area contributed by atoms with Gasteiger partial charge in [-0.3, -0.25) is 9.80 Å². The first-order valence-electron chi connectivity index (χ1n) is 3.63. The van der Waals surface area contributed by atoms with E-state index in [1.807, 2.05) is 14.0 Å². The van der Waals surface area contributed by atoms with Gasteiger partial charge in [0, 0.05) is 0 Å². The fraction of sp³-hybridized carbons (Fsp3) is 1.00. The number of aliphatic hydroxyl groups is 2. The van der Waals surface area contributed by atoms with Crippen molar-refractivity contribution in [2.24, 2.45) is 0 Å². The van der Waals surface area contributed by atoms with Gasteiger partial charge in [0.2, 0.25) is 0 Å². The maximum Gasteiger partial charge on any atom is 0.0953 e. The molecule has 0 aromatic heterocycles. The van der Waals surface area contributed by atoms with Crippen LogP contribution in [0.1, 0.15) is 6.92 Å². The van der Waals surface area contributed by atoms with E-state index in [4.69, 9.17) is 10.2 Å². The van der Waals surface area contributed by atoms with Crippen LogP contribution in [0.2, 0.25) is 0 Å². The number of nitrogens with zero attached hydrogens (tertiary/aromatic N) is 2. The molecule has 0 aromatic carbocycles. The minimum absolute atomic E-state index is 0.139. The fourth-order valence-electron chi connectivity index (χ4n) is 0.1000. The highest BCUT2D eigenvalue weighted by Gasteiger charge is 1.82. The molecule has 0 aliphatic carbocycles. The van der Waals surface area contributed by atoms with Gasteiger partial charge in [0.25, 0.3) is 0 Å². The first-order chi connectivity index (χ1) is 5.08. The predicted octanol–water partition coefficient (Wildman–Crippen LogP) is -0.614. The van der Waals surface area contributed by atoms with Crippen LogP contribution in [0.3, 0.4) is 0 Å². The van der Waals surface area contributed by atoms with Crippen molar-refractivity contribution >= 4 is 0 Å². The summed E-state index contributed by atoms with van der Waals surface area (Å²) >= 11 is 0. The van der Waals surface area contributed by atoms with Crippen molar-refractivity contribution < 1.29 is 10.2 Å². The van der Waals surface area contributed by atoms with Crippen LogP contribution in [0.15, 0.2) is 0 Å². The zero-order valence-electron chi connectivity index (χ0n) is 7.91. The summed E-state index contributed by atoms with van der Waals surface area (Å²) in [5, 5.41) is 16.3. The third-order valence-corrected chi connectivity index (χ3v) is 1.06. The maximum atomic E-state index is 8.26. The Morgan fingerprint density at radius 3 is 1.36 bits per heavy atom. The minimum atomic E-state index is 0.139. The van der Waals surface area contributed by atoms with E-state index in [0.717, 1.165) is 6.54 Å². The van der Waals surface area contributed by atoms with Crippen LogP contribution in [0, 0.1) is 0 Å². The van der Waals surface area contributed by atoms with Gasteiger partial charge in [0.05, 0.1) is 13.5 Å². The number of hydrogen-bond donors (Lipinski definition) is 2. The number of aliphatic hydroxyl groups excluding tert-OH is 2. The highest BCUT2D eigenvalue weighted by Crippen LogP contribution is 1.71. The second-order valence-electron chi connectivity index (χ2n) is 2.53. The Morgan fingerprint density at radius 1 is 1.00 bits per heavy atom. The Morgan fingerprint density at radius 2 is 1.36 bits per heavy atom. The summed E-state index contributed by atoms with van der Waals surface area (Å²) in [5.41, 5.74) is 0. The molecule has 0 unspecified atom stereocenters. The molecule has 0 radical (unpaired) electrons. The van der Waals surface area contributed by atoms with Crippen LogP contribution in [-0.4, -0.2) is 61.2 Å². The predicted molar refractivity (Wildman–Crippen MR) is 46.2 cm³/mol. The molecule has 0 amide bonds. The van der Waals surface area contributed by atoms with E-state index in [2.05, 4.69) is 0 Å². The van der Waals surface area contributed by atoms with Gasteiger partial charge in [0.15, 0.2) is 0 Å². The van der Waals surface area contributed by atoms with Gasteiger partial charge in [-0.15, -0.1) is 0 Å². The van der Waals surface area contributed by atoms with Gasteiger partial charge in [-0.25, -0.2) is 0 Å². The molecule has 0 rings (SSSR count). The largest absolute Gasteiger partial charge is 0.381 e. The summed E-state index contributed by atoms with van der Waals surface area (Å²) in [7, 11) is 5.47. The van der Waals surface area contributed by atoms with Gasteiger partial charge >= 0.3 is 0 Å². The van der Waals surface area contributed by atoms with Crippen molar-refractivity contribution in [3.05, 3.63) is 0 Å². The Hall–Kier alpha value is -0.160. The summed E-state index contributed by atoms with van der Waals surface area (Å²) in [6, 6.07) is 0. The molecule has 0 saturated carbocycles. The first kappa shape index (κ1) is 13.4. The lowest BCUT2D eigenvalue weighted by Gasteiger charge is -2.06. The monoisotopic (exact) mass is 164 g/mol. The Labute approximate surface area is 69.0 Å². The van der Waals surface area contributed by atoms with Gasteiger partial charge in [-0.2, -0.15) is 0 Å². The summed E-state index contributed by atoms with van der Waals surface area (Å²) in [6.07, 6.45) is 0. The molecule has 0 bridgehead atoms. The van der Waals surface area contributed by atoms with Crippen molar-refractivity contribution in [1.82, 2.24) is 9.80 Å². The molecular weight excluding hydrogens is 144 g/mol. The van der Waals surface area contributed by atoms with Crippen LogP contribution in [-0.2, 0) is 0 Å². The van der Waals surface area contributed by atoms with Gasteiger partial charge in [0.1, 0.15) is 0 Å². The van der Waals surface area contributed by atoms with Gasteiger partial charge in [-0.05, 0) is 27.7 Å². The molecule has 0 aromatic rings. The molecule has 0 atom stereocenters. The fourth-order valence-corrected chi connectivity index (χ4v) is 0.1000. The zero-order valence-corrected chi connectivity index (χ0v) is 7.91. The smallest absolute Gasteiger partial charge is 0.0953 e. The van der Waals surface area contributed by atoms with Crippen molar-refractivity contribution in [1.29, 1.82) is 0 Å². The third kappa shape index (κ3) is 17.7. The lowest BCUT2D eigenvalue weighted by molar-refractivity contribution is 0.138. The van der Waals surface area contributed by atoms with E-state index in [-0.39, 0.29) is 13.5 Å². The standard InChI is InChI=1S/C4H11NO.C3H9NO/c1-3-5(2)4-6;1-4(2)3-5/h6H,3-4H2,1-2H3;5H,3H2,1-2H3. The molecule has 2 N–H and O–H groups in total. The summed E-state index contributed by atoms with van der Waals surface area (Å²) < 4.78 is 0. The molecule has 4 nitrogen and oxygen atoms in total. The molecule has 0 aliphatic rings. The minimum Gasteiger partial charge on any atom is -0.381 e. The van der Waals surface area contributed by atoms with Gasteiger partial charge in [-0.1, -0.05) is 6.92 Å². The maximum absolute atomic E-state index is 8.26. The van der Waals surface area contributed by atoms with E-state index < -0.39 is 0 Å². The van der Waals surface area contributed by atoms with E-state index in [1.165, 1.54) is 0 Å². The Bertz CT molecular complexity index is 65.5. The molecule has 70 valence electrons. The average Bonchev–Trinajstić information content (AvgIpc) is 2.04. The van der Waals surface area contributed by atoms with E-state index in [1.54, 1.807) is 23.9 Å². The number of hydrogen-bond acceptors (Lipinski definition) is 4. The zero-order chi connectivity index (χ0) is 9.28. The normalized spacial score (nSPS) is 9.82. The SMILES string of the molecule is CCN(C)CO.CN(C)CO. The molecule has 0 spiro atoms. The molecule has 4 heteroatoms. The molecule has 0 aliphatic heterocycles. The Balaban J connectivity index is 0. The lowest BCUT2D eigenvalue weighted by atomic mass is 10.7. The topological polar surface area (TPSA) is 46.9 Å². The van der Waals surface area contributed by atoms with Crippen molar-refractivity contribution in [3.8, 4) is 0 Å². The second-order valence-corrected chi connectivity index (χ2v) is 2.53. The second kappa shape index (κ2) is 9.84.